The molecule has 0 aliphatic rings. The van der Waals surface area contributed by atoms with Crippen LogP contribution in [-0.2, 0) is 6.54 Å². The molecule has 84 valence electrons. The Morgan fingerprint density at radius 3 is 2.60 bits per heavy atom. The van der Waals surface area contributed by atoms with Crippen LogP contribution in [0.2, 0.25) is 0 Å². The summed E-state index contributed by atoms with van der Waals surface area (Å²) in [6, 6.07) is 0. The van der Waals surface area contributed by atoms with Crippen molar-refractivity contribution in [1.82, 2.24) is 4.98 Å². The number of hydrogen-bond donors (Lipinski definition) is 2. The monoisotopic (exact) mass is 286 g/mol. The first kappa shape index (κ1) is 12.1. The van der Waals surface area contributed by atoms with Gasteiger partial charge < -0.3 is 15.5 Å². The van der Waals surface area contributed by atoms with Crippen LogP contribution in [0.5, 0.6) is 5.75 Å². The molecule has 0 spiro atoms. The second kappa shape index (κ2) is 4.23. The Bertz CT molecular complexity index is 416. The van der Waals surface area contributed by atoms with Crippen molar-refractivity contribution >= 4 is 15.9 Å². The van der Waals surface area contributed by atoms with Gasteiger partial charge in [0.1, 0.15) is 0 Å². The third-order valence-electron chi connectivity index (χ3n) is 1.52. The standard InChI is InChI=1S/C7H6BrF3N2O2/c8-6-3(1-12)5(14)4(2-13-6)15-7(9,10)11/h2H,1,12H2,(H,13,14). The Balaban J connectivity index is 3.17. The van der Waals surface area contributed by atoms with Crippen LogP contribution >= 0.6 is 15.9 Å². The summed E-state index contributed by atoms with van der Waals surface area (Å²) in [4.78, 5) is 13.7. The number of pyridine rings is 1. The number of hydrogen-bond acceptors (Lipinski definition) is 3. The minimum atomic E-state index is -4.90. The van der Waals surface area contributed by atoms with E-state index in [1.807, 2.05) is 0 Å². The SMILES string of the molecule is NCc1c(Br)[nH]cc(OC(F)(F)F)c1=O. The molecule has 0 radical (unpaired) electrons. The van der Waals surface area contributed by atoms with Gasteiger partial charge in [-0.1, -0.05) is 0 Å². The van der Waals surface area contributed by atoms with Gasteiger partial charge in [0.05, 0.1) is 4.60 Å². The van der Waals surface area contributed by atoms with Crippen molar-refractivity contribution < 1.29 is 17.9 Å². The first-order valence-corrected chi connectivity index (χ1v) is 4.50. The highest BCUT2D eigenvalue weighted by Gasteiger charge is 2.32. The largest absolute Gasteiger partial charge is 0.573 e. The molecule has 0 saturated carbocycles. The van der Waals surface area contributed by atoms with Gasteiger partial charge in [-0.2, -0.15) is 0 Å². The summed E-state index contributed by atoms with van der Waals surface area (Å²) in [5.41, 5.74) is 4.31. The molecule has 8 heteroatoms. The molecule has 0 saturated heterocycles. The molecule has 0 aliphatic heterocycles. The quantitative estimate of drug-likeness (QED) is 0.810. The molecule has 1 heterocycles. The minimum Gasteiger partial charge on any atom is -0.400 e. The fraction of sp³-hybridized carbons (Fsp3) is 0.286. The van der Waals surface area contributed by atoms with Crippen molar-refractivity contribution in [3.8, 4) is 5.75 Å². The zero-order chi connectivity index (χ0) is 11.6. The molecule has 0 aromatic carbocycles. The Morgan fingerprint density at radius 1 is 1.53 bits per heavy atom. The fourth-order valence-electron chi connectivity index (χ4n) is 0.913. The molecule has 0 atom stereocenters. The van der Waals surface area contributed by atoms with Crippen LogP contribution < -0.4 is 15.9 Å². The van der Waals surface area contributed by atoms with Gasteiger partial charge in [0.25, 0.3) is 0 Å². The second-order valence-electron chi connectivity index (χ2n) is 2.53. The lowest BCUT2D eigenvalue weighted by atomic mass is 10.2. The van der Waals surface area contributed by atoms with Crippen LogP contribution in [0.4, 0.5) is 13.2 Å². The molecule has 1 aromatic heterocycles. The van der Waals surface area contributed by atoms with Gasteiger partial charge in [-0.25, -0.2) is 0 Å². The van der Waals surface area contributed by atoms with Crippen molar-refractivity contribution in [2.75, 3.05) is 0 Å². The van der Waals surface area contributed by atoms with E-state index in [1.54, 1.807) is 0 Å². The van der Waals surface area contributed by atoms with Crippen LogP contribution in [0.1, 0.15) is 5.56 Å². The summed E-state index contributed by atoms with van der Waals surface area (Å²) in [6.45, 7) is -0.190. The third-order valence-corrected chi connectivity index (χ3v) is 2.23. The van der Waals surface area contributed by atoms with E-state index >= 15 is 0 Å². The number of aromatic nitrogens is 1. The lowest BCUT2D eigenvalue weighted by Gasteiger charge is -2.09. The summed E-state index contributed by atoms with van der Waals surface area (Å²) in [7, 11) is 0. The van der Waals surface area contributed by atoms with Crippen molar-refractivity contribution in [2.24, 2.45) is 5.73 Å². The van der Waals surface area contributed by atoms with Crippen molar-refractivity contribution in [2.45, 2.75) is 12.9 Å². The Morgan fingerprint density at radius 2 is 2.13 bits per heavy atom. The van der Waals surface area contributed by atoms with E-state index in [9.17, 15) is 18.0 Å². The van der Waals surface area contributed by atoms with E-state index in [0.29, 0.717) is 0 Å². The van der Waals surface area contributed by atoms with E-state index in [2.05, 4.69) is 25.7 Å². The fourth-order valence-corrected chi connectivity index (χ4v) is 1.37. The van der Waals surface area contributed by atoms with Crippen molar-refractivity contribution in [3.63, 3.8) is 0 Å². The molecule has 0 aliphatic carbocycles. The molecule has 0 unspecified atom stereocenters. The molecule has 15 heavy (non-hydrogen) atoms. The van der Waals surface area contributed by atoms with Crippen LogP contribution in [0.3, 0.4) is 0 Å². The zero-order valence-electron chi connectivity index (χ0n) is 7.19. The van der Waals surface area contributed by atoms with E-state index in [0.717, 1.165) is 6.20 Å². The Labute approximate surface area is 90.4 Å². The first-order valence-electron chi connectivity index (χ1n) is 3.71. The highest BCUT2D eigenvalue weighted by molar-refractivity contribution is 9.10. The molecule has 0 bridgehead atoms. The maximum atomic E-state index is 11.8. The van der Waals surface area contributed by atoms with E-state index < -0.39 is 17.5 Å². The smallest absolute Gasteiger partial charge is 0.400 e. The topological polar surface area (TPSA) is 68.1 Å². The second-order valence-corrected chi connectivity index (χ2v) is 3.32. The van der Waals surface area contributed by atoms with Gasteiger partial charge in [-0.3, -0.25) is 4.79 Å². The number of rotatable bonds is 2. The number of alkyl halides is 3. The Kier molecular flexibility index (Phi) is 3.40. The molecule has 4 nitrogen and oxygen atoms in total. The van der Waals surface area contributed by atoms with Gasteiger partial charge in [0.15, 0.2) is 5.75 Å². The summed E-state index contributed by atoms with van der Waals surface area (Å²) in [6.07, 6.45) is -4.08. The van der Waals surface area contributed by atoms with Crippen LogP contribution in [0, 0.1) is 0 Å². The molecular weight excluding hydrogens is 281 g/mol. The summed E-state index contributed by atoms with van der Waals surface area (Å²) < 4.78 is 39.3. The number of ether oxygens (including phenoxy) is 1. The van der Waals surface area contributed by atoms with Gasteiger partial charge in [-0.05, 0) is 15.9 Å². The Hall–Kier alpha value is -1.02. The minimum absolute atomic E-state index is 0.00301. The predicted octanol–water partition coefficient (Wildman–Crippen LogP) is 1.49. The molecule has 3 N–H and O–H groups in total. The van der Waals surface area contributed by atoms with E-state index in [4.69, 9.17) is 5.73 Å². The van der Waals surface area contributed by atoms with Gasteiger partial charge in [-0.15, -0.1) is 13.2 Å². The number of halogens is 4. The van der Waals surface area contributed by atoms with E-state index in [-0.39, 0.29) is 16.7 Å². The van der Waals surface area contributed by atoms with Gasteiger partial charge in [0.2, 0.25) is 5.43 Å². The van der Waals surface area contributed by atoms with Gasteiger partial charge in [0, 0.05) is 18.3 Å². The lowest BCUT2D eigenvalue weighted by molar-refractivity contribution is -0.275. The number of aromatic amines is 1. The summed E-state index contributed by atoms with van der Waals surface area (Å²) >= 11 is 2.95. The van der Waals surface area contributed by atoms with Crippen molar-refractivity contribution in [1.29, 1.82) is 0 Å². The molecule has 1 rings (SSSR count). The molecule has 1 aromatic rings. The molecular formula is C7H6BrF3N2O2. The highest BCUT2D eigenvalue weighted by Crippen LogP contribution is 2.21. The van der Waals surface area contributed by atoms with Gasteiger partial charge >= 0.3 is 6.36 Å². The van der Waals surface area contributed by atoms with E-state index in [1.165, 1.54) is 0 Å². The maximum Gasteiger partial charge on any atom is 0.573 e. The number of nitrogens with two attached hydrogens (primary N) is 1. The summed E-state index contributed by atoms with van der Waals surface area (Å²) in [5, 5.41) is 0. The first-order chi connectivity index (χ1) is 6.85. The number of nitrogens with one attached hydrogen (secondary N) is 1. The molecule has 0 fully saturated rings. The lowest BCUT2D eigenvalue weighted by Crippen LogP contribution is -2.24. The highest BCUT2D eigenvalue weighted by atomic mass is 79.9. The average Bonchev–Trinajstić information content (AvgIpc) is 2.09. The molecule has 0 amide bonds. The van der Waals surface area contributed by atoms with Crippen LogP contribution in [-0.4, -0.2) is 11.3 Å². The maximum absolute atomic E-state index is 11.8. The van der Waals surface area contributed by atoms with Crippen LogP contribution in [0.25, 0.3) is 0 Å². The van der Waals surface area contributed by atoms with Crippen molar-refractivity contribution in [3.05, 3.63) is 26.6 Å². The number of H-pyrrole nitrogens is 1. The predicted molar refractivity (Wildman–Crippen MR) is 49.3 cm³/mol. The summed E-state index contributed by atoms with van der Waals surface area (Å²) in [5.74, 6) is -0.828. The third kappa shape index (κ3) is 2.96. The van der Waals surface area contributed by atoms with Crippen LogP contribution in [0.15, 0.2) is 15.6 Å². The zero-order valence-corrected chi connectivity index (χ0v) is 8.78. The normalized spacial score (nSPS) is 11.5. The average molecular weight is 287 g/mol.